The van der Waals surface area contributed by atoms with Crippen LogP contribution >= 0.6 is 11.6 Å². The number of unbranched alkanes of at least 4 members (excludes halogenated alkanes) is 1. The first-order valence-electron chi connectivity index (χ1n) is 7.62. The van der Waals surface area contributed by atoms with Crippen molar-refractivity contribution in [2.24, 2.45) is 0 Å². The van der Waals surface area contributed by atoms with Crippen molar-refractivity contribution in [3.05, 3.63) is 52.8 Å². The lowest BCUT2D eigenvalue weighted by Crippen LogP contribution is -2.13. The Morgan fingerprint density at radius 2 is 2.00 bits per heavy atom. The number of halogens is 2. The van der Waals surface area contributed by atoms with Crippen LogP contribution in [0.15, 0.2) is 36.4 Å². The molecule has 0 unspecified atom stereocenters. The molecule has 2 aromatic carbocycles. The van der Waals surface area contributed by atoms with E-state index >= 15 is 0 Å². The fraction of sp³-hybridized carbons (Fsp3) is 0.278. The molecule has 1 N–H and O–H groups in total. The molecule has 0 fully saturated rings. The maximum Gasteiger partial charge on any atom is 0.255 e. The quantitative estimate of drug-likeness (QED) is 0.720. The number of amides is 1. The van der Waals surface area contributed by atoms with Gasteiger partial charge < -0.3 is 14.8 Å². The molecule has 0 radical (unpaired) electrons. The molecule has 24 heavy (non-hydrogen) atoms. The summed E-state index contributed by atoms with van der Waals surface area (Å²) in [7, 11) is 1.50. The van der Waals surface area contributed by atoms with Gasteiger partial charge in [0.2, 0.25) is 0 Å². The van der Waals surface area contributed by atoms with Gasteiger partial charge in [-0.3, -0.25) is 4.79 Å². The second kappa shape index (κ2) is 8.55. The van der Waals surface area contributed by atoms with Crippen LogP contribution in [-0.2, 0) is 0 Å². The van der Waals surface area contributed by atoms with E-state index < -0.39 is 11.7 Å². The maximum absolute atomic E-state index is 13.8. The van der Waals surface area contributed by atoms with Gasteiger partial charge in [-0.1, -0.05) is 24.9 Å². The number of ether oxygens (including phenoxy) is 2. The summed E-state index contributed by atoms with van der Waals surface area (Å²) in [4.78, 5) is 12.3. The molecule has 0 bridgehead atoms. The van der Waals surface area contributed by atoms with E-state index in [1.165, 1.54) is 19.2 Å². The van der Waals surface area contributed by atoms with Gasteiger partial charge in [-0.25, -0.2) is 4.39 Å². The van der Waals surface area contributed by atoms with Gasteiger partial charge in [0, 0.05) is 10.6 Å². The van der Waals surface area contributed by atoms with Crippen molar-refractivity contribution in [2.45, 2.75) is 19.8 Å². The smallest absolute Gasteiger partial charge is 0.255 e. The van der Waals surface area contributed by atoms with E-state index in [2.05, 4.69) is 12.2 Å². The third-order valence-corrected chi connectivity index (χ3v) is 3.60. The summed E-state index contributed by atoms with van der Waals surface area (Å²) in [6.07, 6.45) is 1.96. The lowest BCUT2D eigenvalue weighted by atomic mass is 10.1. The third kappa shape index (κ3) is 4.61. The minimum absolute atomic E-state index is 0.0617. The van der Waals surface area contributed by atoms with Gasteiger partial charge in [0.25, 0.3) is 5.91 Å². The molecular weight excluding hydrogens is 333 g/mol. The van der Waals surface area contributed by atoms with E-state index in [0.29, 0.717) is 23.7 Å². The number of rotatable bonds is 7. The summed E-state index contributed by atoms with van der Waals surface area (Å²) in [5.41, 5.74) is 0.399. The molecule has 2 aromatic rings. The van der Waals surface area contributed by atoms with Crippen molar-refractivity contribution in [3.63, 3.8) is 0 Å². The molecule has 128 valence electrons. The van der Waals surface area contributed by atoms with Gasteiger partial charge in [-0.05, 0) is 42.8 Å². The standard InChI is InChI=1S/C18H19ClFNO3/c1-3-4-9-24-16-8-5-12(10-17(16)23-2)18(22)21-15-7-6-13(19)11-14(15)20/h5-8,10-11H,3-4,9H2,1-2H3,(H,21,22). The van der Waals surface area contributed by atoms with Crippen molar-refractivity contribution in [1.82, 2.24) is 0 Å². The van der Waals surface area contributed by atoms with Crippen LogP contribution in [0.2, 0.25) is 5.02 Å². The first-order valence-corrected chi connectivity index (χ1v) is 8.00. The van der Waals surface area contributed by atoms with Gasteiger partial charge in [-0.2, -0.15) is 0 Å². The summed E-state index contributed by atoms with van der Waals surface area (Å²) in [5, 5.41) is 2.77. The largest absolute Gasteiger partial charge is 0.493 e. The summed E-state index contributed by atoms with van der Waals surface area (Å²) in [5.74, 6) is -0.0209. The van der Waals surface area contributed by atoms with E-state index in [1.54, 1.807) is 18.2 Å². The van der Waals surface area contributed by atoms with Gasteiger partial charge in [0.15, 0.2) is 11.5 Å². The second-order valence-electron chi connectivity index (χ2n) is 5.15. The van der Waals surface area contributed by atoms with E-state index in [4.69, 9.17) is 21.1 Å². The average molecular weight is 352 g/mol. The number of methoxy groups -OCH3 is 1. The fourth-order valence-electron chi connectivity index (χ4n) is 2.04. The Kier molecular flexibility index (Phi) is 6.44. The molecule has 0 aromatic heterocycles. The Morgan fingerprint density at radius 1 is 1.21 bits per heavy atom. The van der Waals surface area contributed by atoms with Crippen LogP contribution in [0.5, 0.6) is 11.5 Å². The van der Waals surface area contributed by atoms with Gasteiger partial charge in [-0.15, -0.1) is 0 Å². The number of hydrogen-bond acceptors (Lipinski definition) is 3. The lowest BCUT2D eigenvalue weighted by Gasteiger charge is -2.12. The first-order chi connectivity index (χ1) is 11.5. The Bertz CT molecular complexity index is 721. The van der Waals surface area contributed by atoms with Crippen molar-refractivity contribution >= 4 is 23.2 Å². The van der Waals surface area contributed by atoms with Crippen molar-refractivity contribution in [3.8, 4) is 11.5 Å². The number of nitrogens with one attached hydrogen (secondary N) is 1. The SMILES string of the molecule is CCCCOc1ccc(C(=O)Nc2ccc(Cl)cc2F)cc1OC. The van der Waals surface area contributed by atoms with Gasteiger partial charge >= 0.3 is 0 Å². The number of carbonyl (C=O) groups is 1. The first kappa shape index (κ1) is 18.1. The predicted molar refractivity (Wildman–Crippen MR) is 92.8 cm³/mol. The minimum atomic E-state index is -0.595. The number of carbonyl (C=O) groups excluding carboxylic acids is 1. The molecule has 0 aliphatic carbocycles. The van der Waals surface area contributed by atoms with Crippen LogP contribution in [0.25, 0.3) is 0 Å². The predicted octanol–water partition coefficient (Wildman–Crippen LogP) is 4.92. The van der Waals surface area contributed by atoms with Crippen molar-refractivity contribution in [1.29, 1.82) is 0 Å². The van der Waals surface area contributed by atoms with Crippen LogP contribution in [0.1, 0.15) is 30.1 Å². The molecule has 0 heterocycles. The summed E-state index contributed by atoms with van der Waals surface area (Å²) in [6.45, 7) is 2.65. The zero-order valence-corrected chi connectivity index (χ0v) is 14.3. The topological polar surface area (TPSA) is 47.6 Å². The summed E-state index contributed by atoms with van der Waals surface area (Å²) < 4.78 is 24.6. The van der Waals surface area contributed by atoms with Crippen molar-refractivity contribution in [2.75, 3.05) is 19.0 Å². The Balaban J connectivity index is 2.14. The van der Waals surface area contributed by atoms with E-state index in [9.17, 15) is 9.18 Å². The maximum atomic E-state index is 13.8. The van der Waals surface area contributed by atoms with E-state index in [0.717, 1.165) is 18.9 Å². The molecular formula is C18H19ClFNO3. The van der Waals surface area contributed by atoms with Crippen LogP contribution in [0, 0.1) is 5.82 Å². The highest BCUT2D eigenvalue weighted by atomic mass is 35.5. The molecule has 0 saturated heterocycles. The average Bonchev–Trinajstić information content (AvgIpc) is 2.57. The number of anilines is 1. The molecule has 0 spiro atoms. The Hall–Kier alpha value is -2.27. The monoisotopic (exact) mass is 351 g/mol. The molecule has 0 aliphatic heterocycles. The van der Waals surface area contributed by atoms with Crippen molar-refractivity contribution < 1.29 is 18.7 Å². The Labute approximate surface area is 145 Å². The lowest BCUT2D eigenvalue weighted by molar-refractivity contribution is 0.102. The highest BCUT2D eigenvalue weighted by Gasteiger charge is 2.13. The van der Waals surface area contributed by atoms with Crippen LogP contribution in [-0.4, -0.2) is 19.6 Å². The zero-order chi connectivity index (χ0) is 17.5. The van der Waals surface area contributed by atoms with Crippen LogP contribution < -0.4 is 14.8 Å². The Morgan fingerprint density at radius 3 is 2.67 bits per heavy atom. The van der Waals surface area contributed by atoms with Gasteiger partial charge in [0.05, 0.1) is 19.4 Å². The normalized spacial score (nSPS) is 10.3. The molecule has 0 saturated carbocycles. The molecule has 0 atom stereocenters. The fourth-order valence-corrected chi connectivity index (χ4v) is 2.20. The minimum Gasteiger partial charge on any atom is -0.493 e. The molecule has 2 rings (SSSR count). The summed E-state index contributed by atoms with van der Waals surface area (Å²) >= 11 is 5.70. The van der Waals surface area contributed by atoms with Crippen LogP contribution in [0.4, 0.5) is 10.1 Å². The number of hydrogen-bond donors (Lipinski definition) is 1. The third-order valence-electron chi connectivity index (χ3n) is 3.36. The molecule has 1 amide bonds. The highest BCUT2D eigenvalue weighted by Crippen LogP contribution is 2.29. The molecule has 6 heteroatoms. The number of benzene rings is 2. The molecule has 4 nitrogen and oxygen atoms in total. The van der Waals surface area contributed by atoms with Crippen LogP contribution in [0.3, 0.4) is 0 Å². The van der Waals surface area contributed by atoms with Gasteiger partial charge in [0.1, 0.15) is 5.82 Å². The highest BCUT2D eigenvalue weighted by molar-refractivity contribution is 6.30. The van der Waals surface area contributed by atoms with E-state index in [-0.39, 0.29) is 10.7 Å². The zero-order valence-electron chi connectivity index (χ0n) is 13.6. The summed E-state index contributed by atoms with van der Waals surface area (Å²) in [6, 6.07) is 8.89. The van der Waals surface area contributed by atoms with E-state index in [1.807, 2.05) is 0 Å². The second-order valence-corrected chi connectivity index (χ2v) is 5.58. The molecule has 0 aliphatic rings.